The third-order valence-electron chi connectivity index (χ3n) is 3.52. The Hall–Kier alpha value is 0.217. The fraction of sp³-hybridized carbons (Fsp3) is 1.00. The summed E-state index contributed by atoms with van der Waals surface area (Å²) in [6.45, 7) is 4.59. The van der Waals surface area contributed by atoms with Crippen molar-refractivity contribution >= 4 is 9.52 Å². The van der Waals surface area contributed by atoms with E-state index in [-0.39, 0.29) is 0 Å². The molecule has 0 aromatic heterocycles. The molecule has 0 spiro atoms. The Balaban J connectivity index is 2.85. The molecule has 0 nitrogen and oxygen atoms in total. The molecule has 1 radical (unpaired) electrons. The van der Waals surface area contributed by atoms with E-state index >= 15 is 0 Å². The maximum atomic E-state index is 2.30. The molecule has 0 unspecified atom stereocenters. The summed E-state index contributed by atoms with van der Waals surface area (Å²) in [6.07, 6.45) is 17.6. The molecule has 0 aromatic rings. The van der Waals surface area contributed by atoms with Crippen molar-refractivity contribution in [2.75, 3.05) is 0 Å². The van der Waals surface area contributed by atoms with Crippen molar-refractivity contribution in [1.29, 1.82) is 0 Å². The molecule has 0 saturated carbocycles. The fourth-order valence-corrected chi connectivity index (χ4v) is 3.73. The minimum atomic E-state index is 0.794. The highest BCUT2D eigenvalue weighted by Gasteiger charge is 1.93. The zero-order valence-electron chi connectivity index (χ0n) is 12.5. The van der Waals surface area contributed by atoms with Crippen molar-refractivity contribution in [3.8, 4) is 0 Å². The van der Waals surface area contributed by atoms with Crippen LogP contribution in [-0.4, -0.2) is 9.52 Å². The van der Waals surface area contributed by atoms with Gasteiger partial charge in [0.05, 0.1) is 0 Å². The van der Waals surface area contributed by atoms with Crippen molar-refractivity contribution in [2.45, 2.75) is 103 Å². The lowest BCUT2D eigenvalue weighted by Crippen LogP contribution is -1.90. The topological polar surface area (TPSA) is 0 Å². The standard InChI is InChI=1S/C16H35Si/c1-3-5-7-9-11-13-15-17-16-14-12-10-8-6-4-2/h17H,3-16H2,1-2H3. The van der Waals surface area contributed by atoms with Gasteiger partial charge in [-0.3, -0.25) is 0 Å². The van der Waals surface area contributed by atoms with E-state index in [1.54, 1.807) is 12.1 Å². The van der Waals surface area contributed by atoms with Crippen molar-refractivity contribution < 1.29 is 0 Å². The summed E-state index contributed by atoms with van der Waals surface area (Å²) in [7, 11) is 0.794. The highest BCUT2D eigenvalue weighted by molar-refractivity contribution is 6.35. The number of hydrogen-bond donors (Lipinski definition) is 0. The van der Waals surface area contributed by atoms with Gasteiger partial charge in [-0.05, 0) is 0 Å². The summed E-state index contributed by atoms with van der Waals surface area (Å²) in [4.78, 5) is 0. The maximum Gasteiger partial charge on any atom is 0.0280 e. The summed E-state index contributed by atoms with van der Waals surface area (Å²) in [5.74, 6) is 0. The molecule has 0 aliphatic rings. The van der Waals surface area contributed by atoms with Crippen LogP contribution in [0.3, 0.4) is 0 Å². The second-order valence-electron chi connectivity index (χ2n) is 5.40. The Kier molecular flexibility index (Phi) is 16.4. The molecule has 0 atom stereocenters. The summed E-state index contributed by atoms with van der Waals surface area (Å²) < 4.78 is 0. The van der Waals surface area contributed by atoms with Crippen LogP contribution in [0.25, 0.3) is 0 Å². The van der Waals surface area contributed by atoms with Crippen LogP contribution in [0.4, 0.5) is 0 Å². The molecular formula is C16H35Si. The normalized spacial score (nSPS) is 10.9. The Labute approximate surface area is 113 Å². The van der Waals surface area contributed by atoms with E-state index in [1.807, 2.05) is 0 Å². The highest BCUT2D eigenvalue weighted by Crippen LogP contribution is 2.10. The SMILES string of the molecule is CCCCCCCC[SiH]CCCCCCCC. The van der Waals surface area contributed by atoms with Crippen LogP contribution in [0, 0.1) is 0 Å². The van der Waals surface area contributed by atoms with Gasteiger partial charge in [-0.25, -0.2) is 0 Å². The van der Waals surface area contributed by atoms with Gasteiger partial charge >= 0.3 is 0 Å². The molecule has 1 heteroatoms. The molecular weight excluding hydrogens is 220 g/mol. The maximum absolute atomic E-state index is 2.30. The monoisotopic (exact) mass is 255 g/mol. The van der Waals surface area contributed by atoms with Crippen LogP contribution >= 0.6 is 0 Å². The van der Waals surface area contributed by atoms with Gasteiger partial charge in [-0.2, -0.15) is 0 Å². The van der Waals surface area contributed by atoms with Gasteiger partial charge < -0.3 is 0 Å². The van der Waals surface area contributed by atoms with Crippen molar-refractivity contribution in [3.63, 3.8) is 0 Å². The van der Waals surface area contributed by atoms with Crippen molar-refractivity contribution in [3.05, 3.63) is 0 Å². The molecule has 0 rings (SSSR count). The summed E-state index contributed by atoms with van der Waals surface area (Å²) in [5, 5.41) is 0. The molecule has 0 bridgehead atoms. The van der Waals surface area contributed by atoms with Crippen molar-refractivity contribution in [2.24, 2.45) is 0 Å². The lowest BCUT2D eigenvalue weighted by molar-refractivity contribution is 0.618. The zero-order valence-corrected chi connectivity index (χ0v) is 13.6. The van der Waals surface area contributed by atoms with Gasteiger partial charge in [-0.1, -0.05) is 103 Å². The summed E-state index contributed by atoms with van der Waals surface area (Å²) in [6, 6.07) is 3.14. The molecule has 0 fully saturated rings. The first-order valence-electron chi connectivity index (χ1n) is 8.23. The van der Waals surface area contributed by atoms with Crippen LogP contribution in [0.15, 0.2) is 0 Å². The molecule has 0 aliphatic heterocycles. The molecule has 0 heterocycles. The first-order chi connectivity index (χ1) is 8.41. The highest BCUT2D eigenvalue weighted by atomic mass is 28.2. The number of hydrogen-bond acceptors (Lipinski definition) is 0. The summed E-state index contributed by atoms with van der Waals surface area (Å²) >= 11 is 0. The van der Waals surface area contributed by atoms with E-state index in [0.29, 0.717) is 0 Å². The average molecular weight is 256 g/mol. The minimum Gasteiger partial charge on any atom is -0.0654 e. The van der Waals surface area contributed by atoms with Gasteiger partial charge in [0.1, 0.15) is 0 Å². The van der Waals surface area contributed by atoms with Crippen molar-refractivity contribution in [1.82, 2.24) is 0 Å². The third-order valence-corrected chi connectivity index (χ3v) is 5.16. The predicted molar refractivity (Wildman–Crippen MR) is 83.5 cm³/mol. The molecule has 0 amide bonds. The van der Waals surface area contributed by atoms with Crippen LogP contribution in [0.5, 0.6) is 0 Å². The van der Waals surface area contributed by atoms with Gasteiger partial charge in [0.15, 0.2) is 0 Å². The molecule has 17 heavy (non-hydrogen) atoms. The number of rotatable bonds is 14. The summed E-state index contributed by atoms with van der Waals surface area (Å²) in [5.41, 5.74) is 0. The van der Waals surface area contributed by atoms with Gasteiger partial charge in [0, 0.05) is 9.52 Å². The van der Waals surface area contributed by atoms with Crippen LogP contribution in [0.1, 0.15) is 90.9 Å². The Morgan fingerprint density at radius 3 is 1.24 bits per heavy atom. The molecule has 0 aliphatic carbocycles. The Morgan fingerprint density at radius 1 is 0.471 bits per heavy atom. The first kappa shape index (κ1) is 17.2. The Morgan fingerprint density at radius 2 is 0.824 bits per heavy atom. The van der Waals surface area contributed by atoms with Gasteiger partial charge in [0.2, 0.25) is 0 Å². The minimum absolute atomic E-state index is 0.794. The predicted octanol–water partition coefficient (Wildman–Crippen LogP) is 5.98. The molecule has 0 saturated heterocycles. The van der Waals surface area contributed by atoms with E-state index in [2.05, 4.69) is 13.8 Å². The smallest absolute Gasteiger partial charge is 0.0280 e. The molecule has 0 aromatic carbocycles. The second kappa shape index (κ2) is 16.2. The van der Waals surface area contributed by atoms with Crippen LogP contribution < -0.4 is 0 Å². The Bertz CT molecular complexity index is 109. The lowest BCUT2D eigenvalue weighted by Gasteiger charge is -2.02. The molecule has 103 valence electrons. The van der Waals surface area contributed by atoms with Crippen LogP contribution in [-0.2, 0) is 0 Å². The first-order valence-corrected chi connectivity index (χ1v) is 9.86. The van der Waals surface area contributed by atoms with E-state index < -0.39 is 0 Å². The van der Waals surface area contributed by atoms with E-state index in [9.17, 15) is 0 Å². The molecule has 0 N–H and O–H groups in total. The van der Waals surface area contributed by atoms with E-state index in [0.717, 1.165) is 9.52 Å². The van der Waals surface area contributed by atoms with Crippen LogP contribution in [0.2, 0.25) is 12.1 Å². The average Bonchev–Trinajstić information content (AvgIpc) is 2.35. The van der Waals surface area contributed by atoms with Gasteiger partial charge in [-0.15, -0.1) is 0 Å². The van der Waals surface area contributed by atoms with Gasteiger partial charge in [0.25, 0.3) is 0 Å². The second-order valence-corrected chi connectivity index (χ2v) is 7.13. The van der Waals surface area contributed by atoms with E-state index in [1.165, 1.54) is 77.0 Å². The zero-order chi connectivity index (χ0) is 12.6. The lowest BCUT2D eigenvalue weighted by atomic mass is 10.1. The number of unbranched alkanes of at least 4 members (excludes halogenated alkanes) is 10. The fourth-order valence-electron chi connectivity index (χ4n) is 2.28. The van der Waals surface area contributed by atoms with E-state index in [4.69, 9.17) is 0 Å². The largest absolute Gasteiger partial charge is 0.0654 e. The quantitative estimate of drug-likeness (QED) is 0.264. The third kappa shape index (κ3) is 16.2.